The van der Waals surface area contributed by atoms with E-state index in [0.29, 0.717) is 14.8 Å². The molecule has 1 N–H and O–H groups in total. The minimum Gasteiger partial charge on any atom is -0.327 e. The molecule has 0 aliphatic carbocycles. The number of aryl methyl sites for hydroxylation is 2. The molecule has 20 heavy (non-hydrogen) atoms. The summed E-state index contributed by atoms with van der Waals surface area (Å²) in [6, 6.07) is 5.35. The van der Waals surface area contributed by atoms with Crippen LogP contribution in [0.15, 0.2) is 18.2 Å². The first-order chi connectivity index (χ1) is 9.51. The van der Waals surface area contributed by atoms with Gasteiger partial charge in [-0.25, -0.2) is 4.68 Å². The van der Waals surface area contributed by atoms with Crippen molar-refractivity contribution in [3.63, 3.8) is 0 Å². The second-order valence-corrected chi connectivity index (χ2v) is 5.78. The zero-order valence-electron chi connectivity index (χ0n) is 10.9. The molecule has 0 saturated carbocycles. The minimum atomic E-state index is 0.571. The Morgan fingerprint density at radius 2 is 1.90 bits per heavy atom. The van der Waals surface area contributed by atoms with Crippen molar-refractivity contribution in [1.82, 2.24) is 19.3 Å². The Kier molecular flexibility index (Phi) is 3.36. The molecule has 2 aromatic heterocycles. The topological polar surface area (TPSA) is 38.5 Å². The van der Waals surface area contributed by atoms with Crippen LogP contribution in [-0.4, -0.2) is 19.3 Å². The average Bonchev–Trinajstić information content (AvgIpc) is 2.85. The molecule has 2 heterocycles. The molecule has 0 radical (unpaired) electrons. The molecule has 4 nitrogen and oxygen atoms in total. The molecule has 0 aliphatic heterocycles. The lowest BCUT2D eigenvalue weighted by Gasteiger charge is -2.06. The number of H-pyrrole nitrogens is 1. The maximum atomic E-state index is 6.08. The summed E-state index contributed by atoms with van der Waals surface area (Å²) in [5.74, 6) is 0. The summed E-state index contributed by atoms with van der Waals surface area (Å²) in [5.41, 5.74) is 3.67. The molecule has 3 rings (SSSR count). The van der Waals surface area contributed by atoms with Crippen LogP contribution in [0, 0.1) is 4.77 Å². The smallest absolute Gasteiger partial charge is 0.184 e. The van der Waals surface area contributed by atoms with E-state index in [1.807, 2.05) is 28.4 Å². The highest BCUT2D eigenvalue weighted by molar-refractivity contribution is 7.71. The summed E-state index contributed by atoms with van der Waals surface area (Å²) in [6.45, 7) is 2.06. The maximum Gasteiger partial charge on any atom is 0.184 e. The molecule has 0 spiro atoms. The van der Waals surface area contributed by atoms with Gasteiger partial charge in [0.15, 0.2) is 10.4 Å². The first kappa shape index (κ1) is 13.7. The van der Waals surface area contributed by atoms with Gasteiger partial charge in [0.25, 0.3) is 0 Å². The molecule has 0 amide bonds. The van der Waals surface area contributed by atoms with Crippen LogP contribution in [0.2, 0.25) is 10.0 Å². The van der Waals surface area contributed by atoms with Crippen molar-refractivity contribution in [2.24, 2.45) is 7.05 Å². The minimum absolute atomic E-state index is 0.571. The molecule has 1 aromatic carbocycles. The number of aromatic amines is 1. The van der Waals surface area contributed by atoms with Gasteiger partial charge >= 0.3 is 0 Å². The van der Waals surface area contributed by atoms with Crippen molar-refractivity contribution in [2.45, 2.75) is 13.3 Å². The first-order valence-electron chi connectivity index (χ1n) is 6.14. The highest BCUT2D eigenvalue weighted by Crippen LogP contribution is 2.26. The number of nitrogens with one attached hydrogen (secondary N) is 1. The van der Waals surface area contributed by atoms with E-state index in [-0.39, 0.29) is 0 Å². The van der Waals surface area contributed by atoms with E-state index in [0.717, 1.165) is 29.0 Å². The van der Waals surface area contributed by atoms with E-state index < -0.39 is 0 Å². The zero-order valence-corrected chi connectivity index (χ0v) is 13.3. The highest BCUT2D eigenvalue weighted by Gasteiger charge is 2.15. The molecule has 0 bridgehead atoms. The maximum absolute atomic E-state index is 6.08. The number of benzene rings is 1. The number of hydrogen-bond acceptors (Lipinski definition) is 2. The fourth-order valence-electron chi connectivity index (χ4n) is 2.37. The molecule has 0 saturated heterocycles. The van der Waals surface area contributed by atoms with Gasteiger partial charge in [0.1, 0.15) is 5.52 Å². The van der Waals surface area contributed by atoms with Crippen LogP contribution in [-0.2, 0) is 13.5 Å². The van der Waals surface area contributed by atoms with Gasteiger partial charge in [-0.15, -0.1) is 0 Å². The Morgan fingerprint density at radius 3 is 2.50 bits per heavy atom. The van der Waals surface area contributed by atoms with Gasteiger partial charge in [0.2, 0.25) is 0 Å². The predicted octanol–water partition coefficient (Wildman–Crippen LogP) is 4.29. The molecule has 104 valence electrons. The van der Waals surface area contributed by atoms with Gasteiger partial charge in [-0.1, -0.05) is 30.1 Å². The third-order valence-corrected chi connectivity index (χ3v) is 3.90. The van der Waals surface area contributed by atoms with Crippen molar-refractivity contribution >= 4 is 46.6 Å². The van der Waals surface area contributed by atoms with Crippen LogP contribution in [0.5, 0.6) is 0 Å². The van der Waals surface area contributed by atoms with Crippen molar-refractivity contribution in [3.8, 4) is 5.69 Å². The van der Waals surface area contributed by atoms with Crippen LogP contribution in [0.25, 0.3) is 16.9 Å². The molecule has 0 fully saturated rings. The van der Waals surface area contributed by atoms with E-state index in [2.05, 4.69) is 17.0 Å². The quantitative estimate of drug-likeness (QED) is 0.713. The number of fused-ring (bicyclic) bond motifs is 1. The van der Waals surface area contributed by atoms with Crippen LogP contribution in [0.1, 0.15) is 12.6 Å². The Morgan fingerprint density at radius 1 is 1.25 bits per heavy atom. The van der Waals surface area contributed by atoms with Gasteiger partial charge < -0.3 is 4.98 Å². The van der Waals surface area contributed by atoms with E-state index in [9.17, 15) is 0 Å². The molecular weight excluding hydrogens is 315 g/mol. The first-order valence-corrected chi connectivity index (χ1v) is 7.30. The van der Waals surface area contributed by atoms with Crippen LogP contribution in [0.4, 0.5) is 0 Å². The third kappa shape index (κ3) is 2.06. The second kappa shape index (κ2) is 4.91. The summed E-state index contributed by atoms with van der Waals surface area (Å²) in [7, 11) is 1.90. The number of rotatable bonds is 2. The monoisotopic (exact) mass is 326 g/mol. The summed E-state index contributed by atoms with van der Waals surface area (Å²) in [5, 5.41) is 5.63. The van der Waals surface area contributed by atoms with E-state index in [1.54, 1.807) is 6.07 Å². The number of nitrogens with zero attached hydrogens (tertiary/aromatic N) is 3. The van der Waals surface area contributed by atoms with Crippen molar-refractivity contribution < 1.29 is 0 Å². The van der Waals surface area contributed by atoms with E-state index in [1.165, 1.54) is 0 Å². The number of imidazole rings is 1. The summed E-state index contributed by atoms with van der Waals surface area (Å²) in [4.78, 5) is 3.21. The van der Waals surface area contributed by atoms with Crippen molar-refractivity contribution in [3.05, 3.63) is 38.7 Å². The second-order valence-electron chi connectivity index (χ2n) is 4.52. The van der Waals surface area contributed by atoms with Gasteiger partial charge in [-0.05, 0) is 36.8 Å². The fourth-order valence-corrected chi connectivity index (χ4v) is 3.18. The molecule has 3 aromatic rings. The van der Waals surface area contributed by atoms with Gasteiger partial charge in [-0.2, -0.15) is 5.10 Å². The molecule has 0 atom stereocenters. The molecule has 0 aliphatic rings. The Balaban J connectivity index is 2.38. The van der Waals surface area contributed by atoms with Crippen molar-refractivity contribution in [2.75, 3.05) is 0 Å². The summed E-state index contributed by atoms with van der Waals surface area (Å²) in [6.07, 6.45) is 0.836. The lowest BCUT2D eigenvalue weighted by Crippen LogP contribution is -2.01. The van der Waals surface area contributed by atoms with Crippen molar-refractivity contribution in [1.29, 1.82) is 0 Å². The molecule has 0 unspecified atom stereocenters. The van der Waals surface area contributed by atoms with Crippen LogP contribution in [0.3, 0.4) is 0 Å². The third-order valence-electron chi connectivity index (χ3n) is 3.18. The molecular formula is C13H12Cl2N4S. The van der Waals surface area contributed by atoms with Gasteiger partial charge in [-0.3, -0.25) is 4.57 Å². The number of hydrogen-bond donors (Lipinski definition) is 1. The Hall–Kier alpha value is -1.30. The Bertz CT molecular complexity index is 839. The van der Waals surface area contributed by atoms with E-state index >= 15 is 0 Å². The van der Waals surface area contributed by atoms with Crippen LogP contribution >= 0.6 is 35.4 Å². The average molecular weight is 327 g/mol. The molecule has 7 heteroatoms. The zero-order chi connectivity index (χ0) is 14.4. The number of aromatic nitrogens is 4. The lowest BCUT2D eigenvalue weighted by atomic mass is 10.3. The normalized spacial score (nSPS) is 11.4. The van der Waals surface area contributed by atoms with E-state index in [4.69, 9.17) is 35.4 Å². The fraction of sp³-hybridized carbons (Fsp3) is 0.231. The van der Waals surface area contributed by atoms with Gasteiger partial charge in [0.05, 0.1) is 11.4 Å². The summed E-state index contributed by atoms with van der Waals surface area (Å²) >= 11 is 17.6. The summed E-state index contributed by atoms with van der Waals surface area (Å²) < 4.78 is 4.31. The van der Waals surface area contributed by atoms with Gasteiger partial charge in [0, 0.05) is 17.1 Å². The highest BCUT2D eigenvalue weighted by atomic mass is 35.5. The lowest BCUT2D eigenvalue weighted by molar-refractivity contribution is 0.748. The Labute approximate surface area is 130 Å². The largest absolute Gasteiger partial charge is 0.327 e. The predicted molar refractivity (Wildman–Crippen MR) is 84.6 cm³/mol. The standard InChI is InChI=1S/C13H12Cl2N4S/c1-3-10-11-12(18(2)17-10)19(13(20)16-11)9-5-7(14)4-8(15)6-9/h4-6H,3H2,1-2H3,(H,16,20). The number of halogens is 2. The van der Waals surface area contributed by atoms with Crippen LogP contribution < -0.4 is 0 Å². The SMILES string of the molecule is CCc1nn(C)c2c1[nH]c(=S)n2-c1cc(Cl)cc(Cl)c1.